The monoisotopic (exact) mass is 627 g/mol. The third-order valence-corrected chi connectivity index (χ3v) is 11.6. The van der Waals surface area contributed by atoms with Gasteiger partial charge in [0, 0.05) is 27.6 Å². The van der Waals surface area contributed by atoms with Crippen molar-refractivity contribution < 1.29 is 0 Å². The molecule has 0 amide bonds. The third kappa shape index (κ3) is 3.82. The predicted octanol–water partition coefficient (Wildman–Crippen LogP) is 13.2. The summed E-state index contributed by atoms with van der Waals surface area (Å²) in [4.78, 5) is 2.50. The highest BCUT2D eigenvalue weighted by Crippen LogP contribution is 2.57. The maximum absolute atomic E-state index is 2.50. The van der Waals surface area contributed by atoms with Crippen molar-refractivity contribution in [3.8, 4) is 22.3 Å². The Morgan fingerprint density at radius 2 is 0.939 bits per heavy atom. The molecule has 0 atom stereocenters. The summed E-state index contributed by atoms with van der Waals surface area (Å²) in [5, 5.41) is 7.82. The molecule has 0 bridgehead atoms. The highest BCUT2D eigenvalue weighted by atomic mass is 15.1. The quantitative estimate of drug-likeness (QED) is 0.188. The molecule has 0 N–H and O–H groups in total. The van der Waals surface area contributed by atoms with Crippen LogP contribution in [0.5, 0.6) is 0 Å². The Morgan fingerprint density at radius 1 is 0.388 bits per heavy atom. The van der Waals surface area contributed by atoms with E-state index >= 15 is 0 Å². The molecule has 0 fully saturated rings. The van der Waals surface area contributed by atoms with Crippen LogP contribution in [0.2, 0.25) is 0 Å². The second-order valence-corrected chi connectivity index (χ2v) is 14.9. The number of rotatable bonds is 3. The average molecular weight is 628 g/mol. The van der Waals surface area contributed by atoms with Crippen LogP contribution >= 0.6 is 0 Å². The first-order valence-corrected chi connectivity index (χ1v) is 17.5. The third-order valence-electron chi connectivity index (χ3n) is 11.6. The van der Waals surface area contributed by atoms with Crippen LogP contribution in [0.1, 0.15) is 49.9 Å². The minimum absolute atomic E-state index is 0.128. The zero-order valence-corrected chi connectivity index (χ0v) is 28.4. The van der Waals surface area contributed by atoms with Crippen molar-refractivity contribution >= 4 is 49.4 Å². The molecule has 2 aliphatic rings. The van der Waals surface area contributed by atoms with Crippen LogP contribution in [0.15, 0.2) is 152 Å². The fourth-order valence-corrected chi connectivity index (χ4v) is 9.27. The van der Waals surface area contributed by atoms with Gasteiger partial charge in [-0.1, -0.05) is 149 Å². The molecule has 0 radical (unpaired) electrons. The molecule has 0 heterocycles. The number of fused-ring (bicyclic) bond motifs is 12. The molecular formula is C48H37N. The molecule has 234 valence electrons. The summed E-state index contributed by atoms with van der Waals surface area (Å²) in [5.41, 5.74) is 14.3. The normalized spacial score (nSPS) is 14.9. The van der Waals surface area contributed by atoms with E-state index < -0.39 is 0 Å². The van der Waals surface area contributed by atoms with E-state index in [-0.39, 0.29) is 10.8 Å². The lowest BCUT2D eigenvalue weighted by Crippen LogP contribution is -2.17. The van der Waals surface area contributed by atoms with Crippen LogP contribution in [0.25, 0.3) is 54.6 Å². The van der Waals surface area contributed by atoms with Gasteiger partial charge in [-0.2, -0.15) is 0 Å². The topological polar surface area (TPSA) is 3.24 Å². The number of benzene rings is 8. The zero-order valence-electron chi connectivity index (χ0n) is 28.4. The molecule has 8 aromatic carbocycles. The SMILES string of the molecule is CC1(C)c2cc(N(c3ccccc3)c3cc4c(c5ccccc35)C(C)(C)c3ccc5ccccc5c3-4)ccc2-c2c1ccc1ccccc21. The highest BCUT2D eigenvalue weighted by molar-refractivity contribution is 6.12. The van der Waals surface area contributed by atoms with E-state index in [0.29, 0.717) is 0 Å². The molecule has 0 spiro atoms. The van der Waals surface area contributed by atoms with Crippen LogP contribution in [0.4, 0.5) is 17.1 Å². The molecule has 49 heavy (non-hydrogen) atoms. The Labute approximate surface area is 288 Å². The van der Waals surface area contributed by atoms with Gasteiger partial charge < -0.3 is 4.90 Å². The Morgan fingerprint density at radius 3 is 1.61 bits per heavy atom. The van der Waals surface area contributed by atoms with Crippen molar-refractivity contribution in [3.05, 3.63) is 174 Å². The molecule has 1 nitrogen and oxygen atoms in total. The van der Waals surface area contributed by atoms with Gasteiger partial charge in [0.1, 0.15) is 0 Å². The molecular weight excluding hydrogens is 591 g/mol. The van der Waals surface area contributed by atoms with Gasteiger partial charge in [-0.05, 0) is 102 Å². The number of para-hydroxylation sites is 1. The molecule has 1 heteroatoms. The van der Waals surface area contributed by atoms with Crippen LogP contribution < -0.4 is 4.90 Å². The van der Waals surface area contributed by atoms with E-state index in [1.54, 1.807) is 0 Å². The molecule has 0 aromatic heterocycles. The summed E-state index contributed by atoms with van der Waals surface area (Å²) in [6.45, 7) is 9.57. The Bertz CT molecular complexity index is 2660. The van der Waals surface area contributed by atoms with Gasteiger partial charge in [-0.3, -0.25) is 0 Å². The van der Waals surface area contributed by atoms with Gasteiger partial charge in [0.05, 0.1) is 5.69 Å². The standard InChI is InChI=1S/C48H37N/c1-47(2)40-26-22-30-14-8-10-18-34(30)44(40)38-25-24-33(28-42(38)47)49(32-16-6-5-7-17-32)43-29-39-45-35-19-11-9-15-31(35)23-27-41(45)48(3,4)46(39)37-21-13-12-20-36(37)43/h5-29H,1-4H3. The molecule has 2 aliphatic carbocycles. The fraction of sp³-hybridized carbons (Fsp3) is 0.125. The summed E-state index contributed by atoms with van der Waals surface area (Å²) in [6.07, 6.45) is 0. The molecule has 0 aliphatic heterocycles. The van der Waals surface area contributed by atoms with Crippen molar-refractivity contribution in [2.75, 3.05) is 4.90 Å². The first kappa shape index (κ1) is 28.4. The molecule has 0 saturated carbocycles. The lowest BCUT2D eigenvalue weighted by Gasteiger charge is -2.30. The minimum Gasteiger partial charge on any atom is -0.310 e. The Hall–Kier alpha value is -5.66. The van der Waals surface area contributed by atoms with Crippen molar-refractivity contribution in [1.29, 1.82) is 0 Å². The van der Waals surface area contributed by atoms with Crippen molar-refractivity contribution in [1.82, 2.24) is 0 Å². The summed E-state index contributed by atoms with van der Waals surface area (Å²) in [5.74, 6) is 0. The fourth-order valence-electron chi connectivity index (χ4n) is 9.27. The van der Waals surface area contributed by atoms with E-state index in [1.807, 2.05) is 0 Å². The van der Waals surface area contributed by atoms with Crippen molar-refractivity contribution in [2.45, 2.75) is 38.5 Å². The van der Waals surface area contributed by atoms with Gasteiger partial charge >= 0.3 is 0 Å². The molecule has 0 saturated heterocycles. The number of hydrogen-bond acceptors (Lipinski definition) is 1. The first-order valence-electron chi connectivity index (χ1n) is 17.5. The highest BCUT2D eigenvalue weighted by Gasteiger charge is 2.40. The number of hydrogen-bond donors (Lipinski definition) is 0. The first-order chi connectivity index (χ1) is 23.8. The van der Waals surface area contributed by atoms with Crippen molar-refractivity contribution in [3.63, 3.8) is 0 Å². The second kappa shape index (κ2) is 9.94. The van der Waals surface area contributed by atoms with Crippen molar-refractivity contribution in [2.24, 2.45) is 0 Å². The zero-order chi connectivity index (χ0) is 33.1. The van der Waals surface area contributed by atoms with Gasteiger partial charge in [-0.15, -0.1) is 0 Å². The van der Waals surface area contributed by atoms with Gasteiger partial charge in [-0.25, -0.2) is 0 Å². The van der Waals surface area contributed by atoms with E-state index in [1.165, 1.54) is 88.2 Å². The largest absolute Gasteiger partial charge is 0.310 e. The van der Waals surface area contributed by atoms with Crippen LogP contribution in [0.3, 0.4) is 0 Å². The summed E-state index contributed by atoms with van der Waals surface area (Å²) < 4.78 is 0. The molecule has 8 aromatic rings. The Balaban J connectivity index is 1.27. The molecule has 0 unspecified atom stereocenters. The maximum Gasteiger partial charge on any atom is 0.0546 e. The summed E-state index contributed by atoms with van der Waals surface area (Å²) in [6, 6.07) is 56.6. The number of nitrogens with zero attached hydrogens (tertiary/aromatic N) is 1. The lowest BCUT2D eigenvalue weighted by atomic mass is 9.79. The Kier molecular flexibility index (Phi) is 5.75. The second-order valence-electron chi connectivity index (χ2n) is 14.9. The average Bonchev–Trinajstić information content (AvgIpc) is 3.51. The van der Waals surface area contributed by atoms with Crippen LogP contribution in [0, 0.1) is 0 Å². The van der Waals surface area contributed by atoms with E-state index in [2.05, 4.69) is 184 Å². The minimum atomic E-state index is -0.130. The van der Waals surface area contributed by atoms with E-state index in [9.17, 15) is 0 Å². The van der Waals surface area contributed by atoms with Gasteiger partial charge in [0.15, 0.2) is 0 Å². The maximum atomic E-state index is 2.50. The lowest BCUT2D eigenvalue weighted by molar-refractivity contribution is 0.661. The summed E-state index contributed by atoms with van der Waals surface area (Å²) >= 11 is 0. The van der Waals surface area contributed by atoms with Crippen LogP contribution in [-0.4, -0.2) is 0 Å². The van der Waals surface area contributed by atoms with Gasteiger partial charge in [0.2, 0.25) is 0 Å². The summed E-state index contributed by atoms with van der Waals surface area (Å²) in [7, 11) is 0. The molecule has 10 rings (SSSR count). The smallest absolute Gasteiger partial charge is 0.0546 e. The van der Waals surface area contributed by atoms with E-state index in [0.717, 1.165) is 5.69 Å². The number of anilines is 3. The van der Waals surface area contributed by atoms with E-state index in [4.69, 9.17) is 0 Å². The predicted molar refractivity (Wildman–Crippen MR) is 209 cm³/mol. The van der Waals surface area contributed by atoms with Gasteiger partial charge in [0.25, 0.3) is 0 Å². The van der Waals surface area contributed by atoms with Crippen LogP contribution in [-0.2, 0) is 10.8 Å².